The molecule has 0 aliphatic rings. The summed E-state index contributed by atoms with van der Waals surface area (Å²) in [6, 6.07) is 19.5. The van der Waals surface area contributed by atoms with Gasteiger partial charge in [0.1, 0.15) is 17.1 Å². The van der Waals surface area contributed by atoms with E-state index in [4.69, 9.17) is 0 Å². The van der Waals surface area contributed by atoms with E-state index < -0.39 is 5.97 Å². The molecule has 3 aromatic carbocycles. The third-order valence-electron chi connectivity index (χ3n) is 3.94. The van der Waals surface area contributed by atoms with Crippen LogP contribution in [0, 0.1) is 11.8 Å². The van der Waals surface area contributed by atoms with E-state index in [1.807, 2.05) is 48.5 Å². The van der Waals surface area contributed by atoms with Gasteiger partial charge in [0.25, 0.3) is 0 Å². The third-order valence-corrected chi connectivity index (χ3v) is 3.94. The highest BCUT2D eigenvalue weighted by Crippen LogP contribution is 2.34. The molecule has 3 N–H and O–H groups in total. The van der Waals surface area contributed by atoms with Gasteiger partial charge in [-0.2, -0.15) is 0 Å². The molecule has 3 aromatic rings. The van der Waals surface area contributed by atoms with Crippen molar-refractivity contribution in [2.24, 2.45) is 0 Å². The number of carbonyl (C=O) groups is 1. The number of benzene rings is 3. The summed E-state index contributed by atoms with van der Waals surface area (Å²) in [6.45, 7) is 0. The Morgan fingerprint density at radius 1 is 0.885 bits per heavy atom. The first-order chi connectivity index (χ1) is 12.6. The molecular formula is C22H16O4. The standard InChI is InChI=1S/C22H16O4/c23-20-14-19(22(25)26)18(13-16-9-5-2-6-10-16)21(24)17(20)12-11-15-7-3-1-4-8-15/h1-10,14,23-24H,13H2,(H,25,26). The second kappa shape index (κ2) is 7.45. The molecule has 0 amide bonds. The summed E-state index contributed by atoms with van der Waals surface area (Å²) >= 11 is 0. The molecule has 0 atom stereocenters. The van der Waals surface area contributed by atoms with Crippen molar-refractivity contribution >= 4 is 5.97 Å². The van der Waals surface area contributed by atoms with Gasteiger partial charge in [0.15, 0.2) is 0 Å². The molecule has 0 heterocycles. The summed E-state index contributed by atoms with van der Waals surface area (Å²) < 4.78 is 0. The van der Waals surface area contributed by atoms with E-state index in [1.165, 1.54) is 0 Å². The molecule has 4 nitrogen and oxygen atoms in total. The lowest BCUT2D eigenvalue weighted by Gasteiger charge is -2.12. The van der Waals surface area contributed by atoms with Gasteiger partial charge in [-0.25, -0.2) is 4.79 Å². The lowest BCUT2D eigenvalue weighted by molar-refractivity contribution is 0.0694. The number of rotatable bonds is 3. The number of phenols is 2. The molecular weight excluding hydrogens is 328 g/mol. The molecule has 0 unspecified atom stereocenters. The lowest BCUT2D eigenvalue weighted by Crippen LogP contribution is -2.05. The van der Waals surface area contributed by atoms with Crippen molar-refractivity contribution in [2.75, 3.05) is 0 Å². The van der Waals surface area contributed by atoms with Gasteiger partial charge in [0.2, 0.25) is 0 Å². The van der Waals surface area contributed by atoms with Crippen LogP contribution in [-0.4, -0.2) is 21.3 Å². The van der Waals surface area contributed by atoms with E-state index in [9.17, 15) is 20.1 Å². The summed E-state index contributed by atoms with van der Waals surface area (Å²) in [5, 5.41) is 30.2. The van der Waals surface area contributed by atoms with Gasteiger partial charge in [-0.05, 0) is 23.8 Å². The van der Waals surface area contributed by atoms with Crippen LogP contribution in [0.1, 0.15) is 32.6 Å². The predicted molar refractivity (Wildman–Crippen MR) is 98.4 cm³/mol. The summed E-state index contributed by atoms with van der Waals surface area (Å²) in [6.07, 6.45) is 0.217. The van der Waals surface area contributed by atoms with Crippen LogP contribution in [0.15, 0.2) is 66.7 Å². The minimum Gasteiger partial charge on any atom is -0.506 e. The van der Waals surface area contributed by atoms with Crippen LogP contribution in [0.2, 0.25) is 0 Å². The third kappa shape index (κ3) is 3.68. The van der Waals surface area contributed by atoms with Crippen molar-refractivity contribution in [3.8, 4) is 23.3 Å². The minimum atomic E-state index is -1.22. The highest BCUT2D eigenvalue weighted by molar-refractivity contribution is 5.92. The maximum absolute atomic E-state index is 11.5. The SMILES string of the molecule is O=C(O)c1cc(O)c(C#Cc2ccccc2)c(O)c1Cc1ccccc1. The van der Waals surface area contributed by atoms with Gasteiger partial charge >= 0.3 is 5.97 Å². The number of carboxylic acid groups (broad SMARTS) is 1. The zero-order chi connectivity index (χ0) is 18.5. The van der Waals surface area contributed by atoms with Crippen LogP contribution in [0.25, 0.3) is 0 Å². The quantitative estimate of drug-likeness (QED) is 0.632. The molecule has 26 heavy (non-hydrogen) atoms. The van der Waals surface area contributed by atoms with Crippen LogP contribution >= 0.6 is 0 Å². The molecule has 0 saturated heterocycles. The number of aromatic hydroxyl groups is 2. The highest BCUT2D eigenvalue weighted by Gasteiger charge is 2.20. The van der Waals surface area contributed by atoms with Crippen molar-refractivity contribution in [1.29, 1.82) is 0 Å². The fourth-order valence-electron chi connectivity index (χ4n) is 2.64. The van der Waals surface area contributed by atoms with Crippen molar-refractivity contribution in [2.45, 2.75) is 6.42 Å². The average Bonchev–Trinajstić information content (AvgIpc) is 2.65. The van der Waals surface area contributed by atoms with Crippen molar-refractivity contribution in [1.82, 2.24) is 0 Å². The maximum atomic E-state index is 11.5. The Labute approximate surface area is 151 Å². The fraction of sp³-hybridized carbons (Fsp3) is 0.0455. The molecule has 0 aliphatic heterocycles. The molecule has 0 aliphatic carbocycles. The molecule has 0 spiro atoms. The second-order valence-corrected chi connectivity index (χ2v) is 5.73. The van der Waals surface area contributed by atoms with E-state index in [1.54, 1.807) is 12.1 Å². The molecule has 0 bridgehead atoms. The van der Waals surface area contributed by atoms with Gasteiger partial charge in [-0.3, -0.25) is 0 Å². The van der Waals surface area contributed by atoms with E-state index in [0.717, 1.165) is 17.2 Å². The number of hydrogen-bond donors (Lipinski definition) is 3. The van der Waals surface area contributed by atoms with Crippen molar-refractivity contribution < 1.29 is 20.1 Å². The number of aromatic carboxylic acids is 1. The van der Waals surface area contributed by atoms with Gasteiger partial charge in [-0.15, -0.1) is 0 Å². The topological polar surface area (TPSA) is 77.8 Å². The first-order valence-electron chi connectivity index (χ1n) is 7.98. The van der Waals surface area contributed by atoms with Crippen LogP contribution in [0.3, 0.4) is 0 Å². The summed E-state index contributed by atoms with van der Waals surface area (Å²) in [7, 11) is 0. The second-order valence-electron chi connectivity index (χ2n) is 5.73. The van der Waals surface area contributed by atoms with Crippen LogP contribution < -0.4 is 0 Å². The zero-order valence-electron chi connectivity index (χ0n) is 13.8. The Hall–Kier alpha value is -3.71. The van der Waals surface area contributed by atoms with E-state index >= 15 is 0 Å². The number of hydrogen-bond acceptors (Lipinski definition) is 3. The summed E-state index contributed by atoms with van der Waals surface area (Å²) in [5.41, 5.74) is 1.66. The van der Waals surface area contributed by atoms with Crippen LogP contribution in [-0.2, 0) is 6.42 Å². The van der Waals surface area contributed by atoms with E-state index in [2.05, 4.69) is 11.8 Å². The Morgan fingerprint density at radius 3 is 2.12 bits per heavy atom. The van der Waals surface area contributed by atoms with Crippen LogP contribution in [0.5, 0.6) is 11.5 Å². The molecule has 4 heteroatoms. The number of carboxylic acids is 1. The highest BCUT2D eigenvalue weighted by atomic mass is 16.4. The summed E-state index contributed by atoms with van der Waals surface area (Å²) in [5.74, 6) is 3.72. The van der Waals surface area contributed by atoms with Gasteiger partial charge in [0, 0.05) is 17.5 Å². The monoisotopic (exact) mass is 344 g/mol. The fourth-order valence-corrected chi connectivity index (χ4v) is 2.64. The van der Waals surface area contributed by atoms with Gasteiger partial charge < -0.3 is 15.3 Å². The minimum absolute atomic E-state index is 0.0183. The molecule has 0 radical (unpaired) electrons. The zero-order valence-corrected chi connectivity index (χ0v) is 13.8. The molecule has 3 rings (SSSR count). The normalized spacial score (nSPS) is 10.0. The molecule has 0 saturated carbocycles. The van der Waals surface area contributed by atoms with E-state index in [0.29, 0.717) is 0 Å². The number of phenolic OH excluding ortho intramolecular Hbond substituents is 2. The lowest BCUT2D eigenvalue weighted by atomic mass is 9.95. The average molecular weight is 344 g/mol. The Kier molecular flexibility index (Phi) is 4.91. The Morgan fingerprint density at radius 2 is 1.50 bits per heavy atom. The Bertz CT molecular complexity index is 997. The smallest absolute Gasteiger partial charge is 0.336 e. The van der Waals surface area contributed by atoms with Gasteiger partial charge in [0.05, 0.1) is 5.56 Å². The summed E-state index contributed by atoms with van der Waals surface area (Å²) in [4.78, 5) is 11.5. The van der Waals surface area contributed by atoms with Gasteiger partial charge in [-0.1, -0.05) is 60.4 Å². The molecule has 0 fully saturated rings. The first-order valence-corrected chi connectivity index (χ1v) is 7.98. The largest absolute Gasteiger partial charge is 0.506 e. The van der Waals surface area contributed by atoms with Crippen molar-refractivity contribution in [3.05, 3.63) is 94.5 Å². The first kappa shape index (κ1) is 17.1. The van der Waals surface area contributed by atoms with E-state index in [-0.39, 0.29) is 34.6 Å². The molecule has 128 valence electrons. The van der Waals surface area contributed by atoms with Crippen molar-refractivity contribution in [3.63, 3.8) is 0 Å². The van der Waals surface area contributed by atoms with Crippen LogP contribution in [0.4, 0.5) is 0 Å². The predicted octanol–water partition coefficient (Wildman–Crippen LogP) is 3.79. The molecule has 0 aromatic heterocycles. The maximum Gasteiger partial charge on any atom is 0.336 e. The Balaban J connectivity index is 2.10.